The van der Waals surface area contributed by atoms with Crippen LogP contribution < -0.4 is 10.6 Å². The van der Waals surface area contributed by atoms with Gasteiger partial charge in [-0.25, -0.2) is 0 Å². The first-order valence-corrected chi connectivity index (χ1v) is 7.20. The van der Waals surface area contributed by atoms with Gasteiger partial charge < -0.3 is 15.7 Å². The number of carbonyl (C=O) groups is 1. The standard InChI is InChI=1S/C15H23N3O2/c19-10-2-4-13-3-1-5-14(11-13)17-15(20)12-18-8-6-16-7-9-18/h1,3,5,11,16,19H,2,4,6-10,12H2,(H,17,20). The van der Waals surface area contributed by atoms with E-state index < -0.39 is 0 Å². The molecule has 0 atom stereocenters. The molecular weight excluding hydrogens is 254 g/mol. The SMILES string of the molecule is O=C(CN1CCNCC1)Nc1cccc(CCCO)c1. The van der Waals surface area contributed by atoms with Gasteiger partial charge in [-0.05, 0) is 30.5 Å². The van der Waals surface area contributed by atoms with Gasteiger partial charge >= 0.3 is 0 Å². The molecule has 0 saturated carbocycles. The number of aliphatic hydroxyl groups excluding tert-OH is 1. The van der Waals surface area contributed by atoms with E-state index in [1.54, 1.807) is 0 Å². The van der Waals surface area contributed by atoms with Crippen molar-refractivity contribution in [3.8, 4) is 0 Å². The molecule has 0 aliphatic carbocycles. The fourth-order valence-electron chi connectivity index (χ4n) is 2.36. The summed E-state index contributed by atoms with van der Waals surface area (Å²) in [7, 11) is 0. The molecule has 1 amide bonds. The van der Waals surface area contributed by atoms with E-state index in [2.05, 4.69) is 15.5 Å². The van der Waals surface area contributed by atoms with Crippen LogP contribution in [0.15, 0.2) is 24.3 Å². The van der Waals surface area contributed by atoms with Gasteiger partial charge in [-0.3, -0.25) is 9.69 Å². The predicted molar refractivity (Wildman–Crippen MR) is 79.8 cm³/mol. The van der Waals surface area contributed by atoms with Gasteiger partial charge in [0.15, 0.2) is 0 Å². The lowest BCUT2D eigenvalue weighted by atomic mass is 10.1. The Balaban J connectivity index is 1.83. The van der Waals surface area contributed by atoms with Gasteiger partial charge in [-0.2, -0.15) is 0 Å². The molecule has 0 bridgehead atoms. The Bertz CT molecular complexity index is 431. The number of anilines is 1. The number of aliphatic hydroxyl groups is 1. The summed E-state index contributed by atoms with van der Waals surface area (Å²) in [6.45, 7) is 4.38. The van der Waals surface area contributed by atoms with Crippen molar-refractivity contribution in [2.75, 3.05) is 44.6 Å². The maximum Gasteiger partial charge on any atom is 0.238 e. The maximum absolute atomic E-state index is 12.0. The minimum absolute atomic E-state index is 0.0335. The number of nitrogens with one attached hydrogen (secondary N) is 2. The highest BCUT2D eigenvalue weighted by Crippen LogP contribution is 2.12. The number of hydrogen-bond acceptors (Lipinski definition) is 4. The highest BCUT2D eigenvalue weighted by molar-refractivity contribution is 5.92. The summed E-state index contributed by atoms with van der Waals surface area (Å²) < 4.78 is 0. The molecule has 0 spiro atoms. The molecule has 0 radical (unpaired) electrons. The third-order valence-electron chi connectivity index (χ3n) is 3.41. The highest BCUT2D eigenvalue weighted by atomic mass is 16.2. The fraction of sp³-hybridized carbons (Fsp3) is 0.533. The lowest BCUT2D eigenvalue weighted by Gasteiger charge is -2.26. The van der Waals surface area contributed by atoms with Crippen LogP contribution in [0.25, 0.3) is 0 Å². The predicted octanol–water partition coefficient (Wildman–Crippen LogP) is 0.455. The quantitative estimate of drug-likeness (QED) is 0.706. The average Bonchev–Trinajstić information content (AvgIpc) is 2.46. The summed E-state index contributed by atoms with van der Waals surface area (Å²) in [5, 5.41) is 15.1. The molecule has 2 rings (SSSR count). The Morgan fingerprint density at radius 2 is 2.15 bits per heavy atom. The molecule has 1 aromatic carbocycles. The second-order valence-electron chi connectivity index (χ2n) is 5.10. The Labute approximate surface area is 120 Å². The monoisotopic (exact) mass is 277 g/mol. The number of aryl methyl sites for hydroxylation is 1. The molecule has 20 heavy (non-hydrogen) atoms. The first kappa shape index (κ1) is 15.0. The van der Waals surface area contributed by atoms with E-state index in [1.165, 1.54) is 0 Å². The third kappa shape index (κ3) is 4.92. The zero-order valence-corrected chi connectivity index (χ0v) is 11.8. The molecule has 5 heteroatoms. The normalized spacial score (nSPS) is 16.1. The number of rotatable bonds is 6. The lowest BCUT2D eigenvalue weighted by Crippen LogP contribution is -2.46. The van der Waals surface area contributed by atoms with Crippen LogP contribution in [0.2, 0.25) is 0 Å². The van der Waals surface area contributed by atoms with E-state index in [4.69, 9.17) is 5.11 Å². The van der Waals surface area contributed by atoms with Gasteiger partial charge in [0.25, 0.3) is 0 Å². The molecule has 0 unspecified atom stereocenters. The first-order chi connectivity index (χ1) is 9.78. The van der Waals surface area contributed by atoms with E-state index in [1.807, 2.05) is 24.3 Å². The highest BCUT2D eigenvalue weighted by Gasteiger charge is 2.13. The molecule has 110 valence electrons. The summed E-state index contributed by atoms with van der Waals surface area (Å²) in [5.41, 5.74) is 1.97. The van der Waals surface area contributed by atoms with Crippen molar-refractivity contribution in [3.63, 3.8) is 0 Å². The Morgan fingerprint density at radius 1 is 1.35 bits per heavy atom. The van der Waals surface area contributed by atoms with Crippen LogP contribution in [0.5, 0.6) is 0 Å². The zero-order chi connectivity index (χ0) is 14.2. The molecule has 5 nitrogen and oxygen atoms in total. The summed E-state index contributed by atoms with van der Waals surface area (Å²) in [6.07, 6.45) is 1.58. The van der Waals surface area contributed by atoms with Crippen molar-refractivity contribution < 1.29 is 9.90 Å². The van der Waals surface area contributed by atoms with Crippen LogP contribution in [0.1, 0.15) is 12.0 Å². The van der Waals surface area contributed by atoms with Crippen LogP contribution in [0, 0.1) is 0 Å². The summed E-state index contributed by atoms with van der Waals surface area (Å²) >= 11 is 0. The van der Waals surface area contributed by atoms with E-state index in [-0.39, 0.29) is 12.5 Å². The van der Waals surface area contributed by atoms with Gasteiger partial charge in [0.2, 0.25) is 5.91 Å². The topological polar surface area (TPSA) is 64.6 Å². The van der Waals surface area contributed by atoms with Crippen molar-refractivity contribution in [2.24, 2.45) is 0 Å². The van der Waals surface area contributed by atoms with E-state index in [0.717, 1.165) is 50.3 Å². The molecular formula is C15H23N3O2. The summed E-state index contributed by atoms with van der Waals surface area (Å²) in [4.78, 5) is 14.1. The lowest BCUT2D eigenvalue weighted by molar-refractivity contribution is -0.117. The minimum atomic E-state index is 0.0335. The van der Waals surface area contributed by atoms with Crippen molar-refractivity contribution in [1.82, 2.24) is 10.2 Å². The van der Waals surface area contributed by atoms with Crippen LogP contribution >= 0.6 is 0 Å². The molecule has 1 aliphatic rings. The molecule has 1 heterocycles. The number of nitrogens with zero attached hydrogens (tertiary/aromatic N) is 1. The second-order valence-corrected chi connectivity index (χ2v) is 5.10. The number of hydrogen-bond donors (Lipinski definition) is 3. The first-order valence-electron chi connectivity index (χ1n) is 7.20. The van der Waals surface area contributed by atoms with E-state index >= 15 is 0 Å². The molecule has 3 N–H and O–H groups in total. The van der Waals surface area contributed by atoms with Crippen LogP contribution in [-0.2, 0) is 11.2 Å². The summed E-state index contributed by atoms with van der Waals surface area (Å²) in [6, 6.07) is 7.83. The Kier molecular flexibility index (Phi) is 5.98. The Hall–Kier alpha value is -1.43. The van der Waals surface area contributed by atoms with Crippen molar-refractivity contribution in [3.05, 3.63) is 29.8 Å². The molecule has 0 aromatic heterocycles. The number of piperazine rings is 1. The van der Waals surface area contributed by atoms with Crippen LogP contribution in [-0.4, -0.2) is 55.2 Å². The third-order valence-corrected chi connectivity index (χ3v) is 3.41. The molecule has 1 aliphatic heterocycles. The number of benzene rings is 1. The molecule has 1 saturated heterocycles. The van der Waals surface area contributed by atoms with Gasteiger partial charge in [-0.15, -0.1) is 0 Å². The second kappa shape index (κ2) is 7.99. The maximum atomic E-state index is 12.0. The molecule has 1 aromatic rings. The van der Waals surface area contributed by atoms with Gasteiger partial charge in [0, 0.05) is 38.5 Å². The Morgan fingerprint density at radius 3 is 2.90 bits per heavy atom. The largest absolute Gasteiger partial charge is 0.396 e. The summed E-state index contributed by atoms with van der Waals surface area (Å²) in [5.74, 6) is 0.0335. The van der Waals surface area contributed by atoms with Gasteiger partial charge in [0.1, 0.15) is 0 Å². The van der Waals surface area contributed by atoms with Crippen LogP contribution in [0.4, 0.5) is 5.69 Å². The minimum Gasteiger partial charge on any atom is -0.396 e. The number of carbonyl (C=O) groups excluding carboxylic acids is 1. The zero-order valence-electron chi connectivity index (χ0n) is 11.8. The molecule has 1 fully saturated rings. The van der Waals surface area contributed by atoms with Gasteiger partial charge in [0.05, 0.1) is 6.54 Å². The smallest absolute Gasteiger partial charge is 0.238 e. The number of amides is 1. The fourth-order valence-corrected chi connectivity index (χ4v) is 2.36. The van der Waals surface area contributed by atoms with Crippen molar-refractivity contribution in [2.45, 2.75) is 12.8 Å². The van der Waals surface area contributed by atoms with E-state index in [9.17, 15) is 4.79 Å². The van der Waals surface area contributed by atoms with Crippen LogP contribution in [0.3, 0.4) is 0 Å². The van der Waals surface area contributed by atoms with Gasteiger partial charge in [-0.1, -0.05) is 12.1 Å². The average molecular weight is 277 g/mol. The van der Waals surface area contributed by atoms with Crippen molar-refractivity contribution in [1.29, 1.82) is 0 Å². The van der Waals surface area contributed by atoms with E-state index in [0.29, 0.717) is 6.54 Å². The van der Waals surface area contributed by atoms with Crippen molar-refractivity contribution >= 4 is 11.6 Å².